The van der Waals surface area contributed by atoms with Crippen LogP contribution in [0.3, 0.4) is 0 Å². The van der Waals surface area contributed by atoms with E-state index in [2.05, 4.69) is 14.1 Å². The zero-order valence-electron chi connectivity index (χ0n) is 37.9. The summed E-state index contributed by atoms with van der Waals surface area (Å²) in [5.41, 5.74) is -0.956. The van der Waals surface area contributed by atoms with Crippen LogP contribution in [0.15, 0.2) is 36.4 Å². The summed E-state index contributed by atoms with van der Waals surface area (Å²) in [5, 5.41) is 22.7. The minimum atomic E-state index is -1.38. The number of piperidine rings is 2. The summed E-state index contributed by atoms with van der Waals surface area (Å²) < 4.78 is 23.5. The van der Waals surface area contributed by atoms with E-state index in [-0.39, 0.29) is 119 Å². The van der Waals surface area contributed by atoms with Gasteiger partial charge in [0.2, 0.25) is 0 Å². The number of carboxylic acids is 2. The van der Waals surface area contributed by atoms with Crippen LogP contribution in [0.5, 0.6) is 23.0 Å². The summed E-state index contributed by atoms with van der Waals surface area (Å²) in [4.78, 5) is 76.9. The quantitative estimate of drug-likeness (QED) is 0.141. The van der Waals surface area contributed by atoms with Crippen LogP contribution in [0.4, 0.5) is 0 Å². The molecule has 4 saturated heterocycles. The van der Waals surface area contributed by atoms with Crippen LogP contribution in [0.1, 0.15) is 129 Å². The van der Waals surface area contributed by atoms with Gasteiger partial charge in [-0.25, -0.2) is 0 Å². The average molecular weight is 1020 g/mol. The molecule has 7 rings (SSSR count). The van der Waals surface area contributed by atoms with E-state index in [1.165, 1.54) is 0 Å². The van der Waals surface area contributed by atoms with Crippen molar-refractivity contribution in [3.05, 3.63) is 47.5 Å². The van der Waals surface area contributed by atoms with Crippen molar-refractivity contribution < 1.29 is 101 Å². The Labute approximate surface area is 397 Å². The molecule has 6 atom stereocenters. The highest BCUT2D eigenvalue weighted by molar-refractivity contribution is 5.89. The maximum atomic E-state index is 13.9. The lowest BCUT2D eigenvalue weighted by atomic mass is 9.38. The highest BCUT2D eigenvalue weighted by atomic mass is 79.9. The molecule has 0 aromatic heterocycles. The van der Waals surface area contributed by atoms with Crippen molar-refractivity contribution in [1.29, 1.82) is 0 Å². The van der Waals surface area contributed by atoms with Gasteiger partial charge in [0.05, 0.1) is 49.1 Å². The first-order valence-electron chi connectivity index (χ1n) is 22.7. The third-order valence-electron chi connectivity index (χ3n) is 16.2. The molecule has 14 nitrogen and oxygen atoms in total. The third-order valence-corrected chi connectivity index (χ3v) is 16.2. The van der Waals surface area contributed by atoms with E-state index < -0.39 is 46.6 Å². The van der Waals surface area contributed by atoms with Crippen molar-refractivity contribution in [1.82, 2.24) is 0 Å². The lowest BCUT2D eigenvalue weighted by Crippen LogP contribution is -3.00. The van der Waals surface area contributed by atoms with Crippen LogP contribution >= 0.6 is 0 Å². The predicted octanol–water partition coefficient (Wildman–Crippen LogP) is 1.37. The molecule has 2 aromatic rings. The van der Waals surface area contributed by atoms with Gasteiger partial charge in [0.1, 0.15) is 13.1 Å². The molecule has 4 unspecified atom stereocenters. The minimum absolute atomic E-state index is 0. The number of benzene rings is 2. The second-order valence-electron chi connectivity index (χ2n) is 19.0. The first-order valence-corrected chi connectivity index (χ1v) is 22.7. The SMILES string of the molecule is CCC(=O)Oc1ccc(C[N+]2(C)C3CCC2CC([C@@]2(C(=O)O)CC[C@@]2(C(=O)O)C2CC4CCC(C2)[N+]4(C)Cc2ccc(OC(=O)CC)c(OC(=O)CC)c2)C3)cc1OC(=O)CC.[Br-].[Br-]. The van der Waals surface area contributed by atoms with Crippen molar-refractivity contribution in [2.45, 2.75) is 155 Å². The monoisotopic (exact) mass is 1020 g/mol. The number of carbonyl (C=O) groups is 6. The zero-order chi connectivity index (χ0) is 44.8. The highest BCUT2D eigenvalue weighted by Gasteiger charge is 2.76. The molecule has 1 saturated carbocycles. The first kappa shape index (κ1) is 51.1. The van der Waals surface area contributed by atoms with Crippen LogP contribution in [-0.2, 0) is 41.9 Å². The van der Waals surface area contributed by atoms with Crippen LogP contribution < -0.4 is 52.9 Å². The number of esters is 4. The van der Waals surface area contributed by atoms with Crippen LogP contribution in [0.25, 0.3) is 0 Å². The van der Waals surface area contributed by atoms with Gasteiger partial charge in [-0.3, -0.25) is 28.8 Å². The molecule has 4 heterocycles. The number of hydrogen-bond donors (Lipinski definition) is 2. The third kappa shape index (κ3) is 8.89. The maximum Gasteiger partial charge on any atom is 0.311 e. The lowest BCUT2D eigenvalue weighted by Gasteiger charge is -2.64. The van der Waals surface area contributed by atoms with E-state index in [1.807, 2.05) is 12.1 Å². The number of carbonyl (C=O) groups excluding carboxylic acids is 4. The maximum absolute atomic E-state index is 13.9. The zero-order valence-corrected chi connectivity index (χ0v) is 41.0. The predicted molar refractivity (Wildman–Crippen MR) is 225 cm³/mol. The number of fused-ring (bicyclic) bond motifs is 4. The fourth-order valence-electron chi connectivity index (χ4n) is 12.7. The molecule has 1 aliphatic carbocycles. The molecule has 0 radical (unpaired) electrons. The first-order chi connectivity index (χ1) is 29.5. The molecule has 16 heteroatoms. The molecule has 0 amide bonds. The summed E-state index contributed by atoms with van der Waals surface area (Å²) in [7, 11) is 4.42. The van der Waals surface area contributed by atoms with E-state index in [0.29, 0.717) is 60.6 Å². The Morgan fingerprint density at radius 3 is 1.05 bits per heavy atom. The van der Waals surface area contributed by atoms with Crippen molar-refractivity contribution in [2.24, 2.45) is 22.7 Å². The Morgan fingerprint density at radius 2 is 0.797 bits per heavy atom. The van der Waals surface area contributed by atoms with Gasteiger partial charge in [-0.2, -0.15) is 0 Å². The van der Waals surface area contributed by atoms with Crippen molar-refractivity contribution in [2.75, 3.05) is 14.1 Å². The Hall–Kier alpha value is -3.86. The number of carboxylic acid groups (broad SMARTS) is 2. The number of aliphatic carboxylic acids is 2. The summed E-state index contributed by atoms with van der Waals surface area (Å²) in [6.07, 6.45) is 7.40. The number of nitrogens with zero attached hydrogens (tertiary/aromatic N) is 2. The summed E-state index contributed by atoms with van der Waals surface area (Å²) in [6, 6.07) is 11.1. The fourth-order valence-corrected chi connectivity index (χ4v) is 12.7. The van der Waals surface area contributed by atoms with Gasteiger partial charge in [-0.1, -0.05) is 27.7 Å². The Morgan fingerprint density at radius 1 is 0.516 bits per heavy atom. The van der Waals surface area contributed by atoms with Gasteiger partial charge >= 0.3 is 35.8 Å². The van der Waals surface area contributed by atoms with E-state index in [9.17, 15) is 39.0 Å². The summed E-state index contributed by atoms with van der Waals surface area (Å²) in [5.74, 6) is -3.56. The molecule has 352 valence electrons. The Kier molecular flexibility index (Phi) is 15.9. The van der Waals surface area contributed by atoms with E-state index in [0.717, 1.165) is 36.8 Å². The Balaban J connectivity index is 0.00000385. The van der Waals surface area contributed by atoms with E-state index >= 15 is 0 Å². The van der Waals surface area contributed by atoms with Crippen molar-refractivity contribution in [3.63, 3.8) is 0 Å². The van der Waals surface area contributed by atoms with Crippen molar-refractivity contribution >= 4 is 35.8 Å². The fraction of sp³-hybridized carbons (Fsp3) is 0.625. The largest absolute Gasteiger partial charge is 1.00 e. The number of halogens is 2. The second kappa shape index (κ2) is 19.9. The highest BCUT2D eigenvalue weighted by Crippen LogP contribution is 2.71. The summed E-state index contributed by atoms with van der Waals surface area (Å²) >= 11 is 0. The van der Waals surface area contributed by atoms with E-state index in [4.69, 9.17) is 18.9 Å². The molecular weight excluding hydrogens is 956 g/mol. The number of hydrogen-bond acceptors (Lipinski definition) is 10. The number of quaternary nitrogens is 2. The van der Waals surface area contributed by atoms with Gasteiger partial charge in [0.25, 0.3) is 0 Å². The van der Waals surface area contributed by atoms with Gasteiger partial charge in [0, 0.05) is 88.2 Å². The van der Waals surface area contributed by atoms with Gasteiger partial charge < -0.3 is 72.1 Å². The molecule has 5 fully saturated rings. The Bertz CT molecular complexity index is 1960. The van der Waals surface area contributed by atoms with Crippen LogP contribution in [0, 0.1) is 22.7 Å². The molecule has 4 bridgehead atoms. The standard InChI is InChI=1S/C48H62N2O12.2BrH/c1-7-41(51)59-37-17-11-29(21-39(37)61-43(53)9-3)27-49(5)33-13-14-34(49)24-31(23-33)47(45(55)56)19-20-48(47,46(57)58)32-25-35-15-16-36(26-32)50(35,6)28-30-12-18-38(60-42(52)8-2)40(22-30)62-44(54)10-4;;/h11-12,17-18,21-22,31-36H,7-10,13-16,19-20,23-28H2,1-6H3;2*1H/t31?,32?,33?,34?,35?,36?,47-,48+,49?,50?;;. The minimum Gasteiger partial charge on any atom is -1.00 e. The molecule has 5 aliphatic rings. The smallest absolute Gasteiger partial charge is 0.311 e. The van der Waals surface area contributed by atoms with Crippen LogP contribution in [0.2, 0.25) is 0 Å². The lowest BCUT2D eigenvalue weighted by molar-refractivity contribution is -0.963. The normalized spacial score (nSPS) is 32.2. The molecule has 0 spiro atoms. The number of rotatable bonds is 16. The molecule has 2 N–H and O–H groups in total. The number of ether oxygens (including phenoxy) is 4. The average Bonchev–Trinajstić information content (AvgIpc) is 3.44. The van der Waals surface area contributed by atoms with Gasteiger partial charge in [-0.05, 0) is 61.1 Å². The van der Waals surface area contributed by atoms with Gasteiger partial charge in [-0.15, -0.1) is 0 Å². The van der Waals surface area contributed by atoms with Crippen molar-refractivity contribution in [3.8, 4) is 23.0 Å². The topological polar surface area (TPSA) is 180 Å². The molecular formula is C48H64Br2N2O12. The molecule has 4 aliphatic heterocycles. The molecule has 64 heavy (non-hydrogen) atoms. The summed E-state index contributed by atoms with van der Waals surface area (Å²) in [6.45, 7) is 7.97. The van der Waals surface area contributed by atoms with Gasteiger partial charge in [0.15, 0.2) is 23.0 Å². The van der Waals surface area contributed by atoms with Crippen LogP contribution in [-0.4, -0.2) is 93.3 Å². The van der Waals surface area contributed by atoms with E-state index in [1.54, 1.807) is 52.0 Å². The molecule has 2 aromatic carbocycles. The second-order valence-corrected chi connectivity index (χ2v) is 19.0.